The van der Waals surface area contributed by atoms with Gasteiger partial charge in [0.1, 0.15) is 0 Å². The molecular formula is C10H16N2OS. The summed E-state index contributed by atoms with van der Waals surface area (Å²) in [6.45, 7) is 0.840. The molecule has 3 nitrogen and oxygen atoms in total. The largest absolute Gasteiger partial charge is 0.392 e. The average Bonchev–Trinajstić information content (AvgIpc) is 2.69. The number of aromatic nitrogens is 1. The van der Waals surface area contributed by atoms with E-state index in [4.69, 9.17) is 0 Å². The van der Waals surface area contributed by atoms with Crippen LogP contribution in [-0.4, -0.2) is 22.2 Å². The fraction of sp³-hybridized carbons (Fsp3) is 0.700. The molecule has 1 aromatic heterocycles. The third-order valence-electron chi connectivity index (χ3n) is 2.75. The topological polar surface area (TPSA) is 45.1 Å². The fourth-order valence-corrected chi connectivity index (χ4v) is 2.46. The van der Waals surface area contributed by atoms with Gasteiger partial charge in [0.05, 0.1) is 11.6 Å². The maximum absolute atomic E-state index is 9.72. The highest BCUT2D eigenvalue weighted by Gasteiger charge is 2.22. The summed E-state index contributed by atoms with van der Waals surface area (Å²) in [6.07, 6.45) is 6.17. The number of nitrogens with one attached hydrogen (secondary N) is 1. The van der Waals surface area contributed by atoms with E-state index in [2.05, 4.69) is 10.3 Å². The van der Waals surface area contributed by atoms with Gasteiger partial charge in [-0.25, -0.2) is 0 Å². The number of aliphatic hydroxyl groups excluding tert-OH is 1. The lowest BCUT2D eigenvalue weighted by Gasteiger charge is -2.28. The van der Waals surface area contributed by atoms with Gasteiger partial charge >= 0.3 is 0 Å². The van der Waals surface area contributed by atoms with E-state index in [0.29, 0.717) is 0 Å². The van der Waals surface area contributed by atoms with Crippen LogP contribution >= 0.6 is 11.3 Å². The average molecular weight is 212 g/mol. The van der Waals surface area contributed by atoms with E-state index in [0.717, 1.165) is 19.4 Å². The first-order chi connectivity index (χ1) is 6.86. The van der Waals surface area contributed by atoms with E-state index in [9.17, 15) is 5.11 Å². The SMILES string of the molecule is OC1CCCCC1NCc1cncs1. The summed E-state index contributed by atoms with van der Waals surface area (Å²) in [4.78, 5) is 5.26. The number of hydrogen-bond acceptors (Lipinski definition) is 4. The molecule has 1 aliphatic carbocycles. The minimum absolute atomic E-state index is 0.156. The van der Waals surface area contributed by atoms with Gasteiger partial charge < -0.3 is 10.4 Å². The van der Waals surface area contributed by atoms with E-state index in [-0.39, 0.29) is 12.1 Å². The first kappa shape index (κ1) is 10.1. The van der Waals surface area contributed by atoms with Gasteiger partial charge in [0.25, 0.3) is 0 Å². The van der Waals surface area contributed by atoms with Gasteiger partial charge in [-0.05, 0) is 12.8 Å². The van der Waals surface area contributed by atoms with Crippen LogP contribution in [0.2, 0.25) is 0 Å². The highest BCUT2D eigenvalue weighted by atomic mass is 32.1. The molecule has 0 amide bonds. The number of hydrogen-bond donors (Lipinski definition) is 2. The molecule has 0 aromatic carbocycles. The molecule has 2 atom stereocenters. The van der Waals surface area contributed by atoms with Crippen molar-refractivity contribution in [1.29, 1.82) is 0 Å². The second kappa shape index (κ2) is 4.87. The summed E-state index contributed by atoms with van der Waals surface area (Å²) in [5, 5.41) is 13.1. The van der Waals surface area contributed by atoms with Gasteiger partial charge in [-0.2, -0.15) is 0 Å². The zero-order valence-electron chi connectivity index (χ0n) is 8.15. The van der Waals surface area contributed by atoms with Crippen LogP contribution in [0.4, 0.5) is 0 Å². The molecule has 14 heavy (non-hydrogen) atoms. The van der Waals surface area contributed by atoms with Gasteiger partial charge in [0.2, 0.25) is 0 Å². The molecule has 4 heteroatoms. The molecule has 2 N–H and O–H groups in total. The quantitative estimate of drug-likeness (QED) is 0.799. The first-order valence-corrected chi connectivity index (χ1v) is 6.03. The van der Waals surface area contributed by atoms with Crippen LogP contribution in [0.15, 0.2) is 11.7 Å². The van der Waals surface area contributed by atoms with Crippen molar-refractivity contribution >= 4 is 11.3 Å². The number of rotatable bonds is 3. The Labute approximate surface area is 88.2 Å². The Bertz CT molecular complexity index is 263. The van der Waals surface area contributed by atoms with E-state index in [1.165, 1.54) is 17.7 Å². The zero-order chi connectivity index (χ0) is 9.80. The Kier molecular flexibility index (Phi) is 3.50. The summed E-state index contributed by atoms with van der Waals surface area (Å²) in [7, 11) is 0. The first-order valence-electron chi connectivity index (χ1n) is 5.15. The van der Waals surface area contributed by atoms with Crippen molar-refractivity contribution < 1.29 is 5.11 Å². The molecule has 0 aliphatic heterocycles. The molecule has 0 bridgehead atoms. The van der Waals surface area contributed by atoms with Crippen molar-refractivity contribution in [3.8, 4) is 0 Å². The Morgan fingerprint density at radius 3 is 3.07 bits per heavy atom. The Morgan fingerprint density at radius 1 is 1.50 bits per heavy atom. The van der Waals surface area contributed by atoms with Crippen LogP contribution in [0.5, 0.6) is 0 Å². The van der Waals surface area contributed by atoms with E-state index < -0.39 is 0 Å². The van der Waals surface area contributed by atoms with Gasteiger partial charge in [-0.1, -0.05) is 12.8 Å². The Hall–Kier alpha value is -0.450. The summed E-state index contributed by atoms with van der Waals surface area (Å²) in [5.41, 5.74) is 1.84. The second-order valence-corrected chi connectivity index (χ2v) is 4.78. The van der Waals surface area contributed by atoms with Crippen LogP contribution in [0.3, 0.4) is 0 Å². The molecule has 0 radical (unpaired) electrons. The molecule has 1 fully saturated rings. The molecule has 78 valence electrons. The monoisotopic (exact) mass is 212 g/mol. The van der Waals surface area contributed by atoms with Crippen LogP contribution in [0, 0.1) is 0 Å². The Balaban J connectivity index is 1.79. The molecule has 2 unspecified atom stereocenters. The van der Waals surface area contributed by atoms with Gasteiger partial charge in [0.15, 0.2) is 0 Å². The lowest BCUT2D eigenvalue weighted by molar-refractivity contribution is 0.0904. The maximum Gasteiger partial charge on any atom is 0.0794 e. The third kappa shape index (κ3) is 2.53. The fourth-order valence-electron chi connectivity index (χ4n) is 1.91. The summed E-state index contributed by atoms with van der Waals surface area (Å²) in [6, 6.07) is 0.283. The molecule has 2 rings (SSSR count). The molecule has 1 saturated carbocycles. The van der Waals surface area contributed by atoms with Crippen molar-refractivity contribution in [3.63, 3.8) is 0 Å². The van der Waals surface area contributed by atoms with Crippen LogP contribution in [0.25, 0.3) is 0 Å². The van der Waals surface area contributed by atoms with E-state index in [1.54, 1.807) is 11.3 Å². The molecule has 0 saturated heterocycles. The van der Waals surface area contributed by atoms with Gasteiger partial charge in [-0.15, -0.1) is 11.3 Å². The highest BCUT2D eigenvalue weighted by molar-refractivity contribution is 7.09. The zero-order valence-corrected chi connectivity index (χ0v) is 8.96. The minimum atomic E-state index is -0.156. The van der Waals surface area contributed by atoms with Gasteiger partial charge in [-0.3, -0.25) is 4.98 Å². The minimum Gasteiger partial charge on any atom is -0.392 e. The van der Waals surface area contributed by atoms with Gasteiger partial charge in [0, 0.05) is 23.7 Å². The lowest BCUT2D eigenvalue weighted by atomic mass is 9.93. The van der Waals surface area contributed by atoms with Crippen LogP contribution < -0.4 is 5.32 Å². The standard InChI is InChI=1S/C10H16N2OS/c13-10-4-2-1-3-9(10)12-6-8-5-11-7-14-8/h5,7,9-10,12-13H,1-4,6H2. The van der Waals surface area contributed by atoms with Crippen molar-refractivity contribution in [1.82, 2.24) is 10.3 Å². The van der Waals surface area contributed by atoms with E-state index in [1.807, 2.05) is 11.7 Å². The predicted octanol–water partition coefficient (Wildman–Crippen LogP) is 1.54. The summed E-state index contributed by atoms with van der Waals surface area (Å²) in [5.74, 6) is 0. The molecule has 1 aromatic rings. The van der Waals surface area contributed by atoms with Crippen molar-refractivity contribution in [2.24, 2.45) is 0 Å². The van der Waals surface area contributed by atoms with Crippen LogP contribution in [0.1, 0.15) is 30.6 Å². The number of nitrogens with zero attached hydrogens (tertiary/aromatic N) is 1. The van der Waals surface area contributed by atoms with Crippen LogP contribution in [-0.2, 0) is 6.54 Å². The molecule has 0 spiro atoms. The Morgan fingerprint density at radius 2 is 2.36 bits per heavy atom. The molecular weight excluding hydrogens is 196 g/mol. The highest BCUT2D eigenvalue weighted by Crippen LogP contribution is 2.19. The second-order valence-electron chi connectivity index (χ2n) is 3.81. The third-order valence-corrected chi connectivity index (χ3v) is 3.53. The molecule has 1 aliphatic rings. The van der Waals surface area contributed by atoms with Crippen molar-refractivity contribution in [2.75, 3.05) is 0 Å². The van der Waals surface area contributed by atoms with Crippen molar-refractivity contribution in [3.05, 3.63) is 16.6 Å². The van der Waals surface area contributed by atoms with E-state index >= 15 is 0 Å². The normalized spacial score (nSPS) is 27.8. The summed E-state index contributed by atoms with van der Waals surface area (Å²) >= 11 is 1.66. The lowest BCUT2D eigenvalue weighted by Crippen LogP contribution is -2.41. The number of thiazole rings is 1. The number of aliphatic hydroxyl groups is 1. The molecule has 1 heterocycles. The smallest absolute Gasteiger partial charge is 0.0794 e. The predicted molar refractivity (Wildman–Crippen MR) is 57.2 cm³/mol. The van der Waals surface area contributed by atoms with Crippen molar-refractivity contribution in [2.45, 2.75) is 44.4 Å². The summed E-state index contributed by atoms with van der Waals surface area (Å²) < 4.78 is 0. The maximum atomic E-state index is 9.72.